The van der Waals surface area contributed by atoms with Crippen molar-refractivity contribution < 1.29 is 14.3 Å². The van der Waals surface area contributed by atoms with Crippen LogP contribution in [0.2, 0.25) is 0 Å². The van der Waals surface area contributed by atoms with Crippen LogP contribution in [0.5, 0.6) is 0 Å². The summed E-state index contributed by atoms with van der Waals surface area (Å²) in [6.07, 6.45) is 1.87. The molecule has 166 valence electrons. The first-order chi connectivity index (χ1) is 15.8. The van der Waals surface area contributed by atoms with E-state index in [1.165, 1.54) is 12.1 Å². The average Bonchev–Trinajstić information content (AvgIpc) is 3.40. The van der Waals surface area contributed by atoms with E-state index in [1.54, 1.807) is 24.3 Å². The third kappa shape index (κ3) is 3.43. The molecule has 33 heavy (non-hydrogen) atoms. The monoisotopic (exact) mass is 441 g/mol. The van der Waals surface area contributed by atoms with Crippen LogP contribution in [0, 0.1) is 5.82 Å². The van der Waals surface area contributed by atoms with Gasteiger partial charge in [0.05, 0.1) is 18.7 Å². The van der Waals surface area contributed by atoms with Gasteiger partial charge in [-0.05, 0) is 65.2 Å². The Morgan fingerprint density at radius 1 is 1.12 bits per heavy atom. The number of carbonyl (C=O) groups is 1. The van der Waals surface area contributed by atoms with Crippen molar-refractivity contribution in [3.05, 3.63) is 88.9 Å². The number of nitrogens with two attached hydrogens (primary N) is 1. The Kier molecular flexibility index (Phi) is 4.91. The molecule has 5 nitrogen and oxygen atoms in total. The van der Waals surface area contributed by atoms with Crippen LogP contribution in [-0.4, -0.2) is 28.4 Å². The summed E-state index contributed by atoms with van der Waals surface area (Å²) < 4.78 is 15.9. The zero-order valence-electron chi connectivity index (χ0n) is 18.5. The van der Waals surface area contributed by atoms with Crippen molar-refractivity contribution in [3.8, 4) is 16.8 Å². The van der Waals surface area contributed by atoms with Crippen molar-refractivity contribution in [1.29, 1.82) is 0 Å². The van der Waals surface area contributed by atoms with Crippen LogP contribution >= 0.6 is 0 Å². The molecular weight excluding hydrogens is 417 g/mol. The Labute approximate surface area is 191 Å². The summed E-state index contributed by atoms with van der Waals surface area (Å²) in [5, 5.41) is 11.4. The molecule has 1 aromatic heterocycles. The average molecular weight is 442 g/mol. The Balaban J connectivity index is 1.91. The molecule has 3 aromatic carbocycles. The lowest BCUT2D eigenvalue weighted by atomic mass is 9.84. The van der Waals surface area contributed by atoms with Crippen molar-refractivity contribution in [2.24, 2.45) is 10.7 Å². The lowest BCUT2D eigenvalue weighted by molar-refractivity contribution is 0.100. The van der Waals surface area contributed by atoms with Crippen molar-refractivity contribution in [2.45, 2.75) is 25.8 Å². The van der Waals surface area contributed by atoms with E-state index in [0.717, 1.165) is 44.5 Å². The summed E-state index contributed by atoms with van der Waals surface area (Å²) in [6, 6.07) is 17.8. The molecule has 0 atom stereocenters. The number of amides is 1. The molecule has 0 saturated carbocycles. The molecule has 0 fully saturated rings. The predicted molar refractivity (Wildman–Crippen MR) is 129 cm³/mol. The van der Waals surface area contributed by atoms with Gasteiger partial charge in [-0.15, -0.1) is 0 Å². The molecule has 0 saturated heterocycles. The number of aliphatic hydroxyl groups is 1. The van der Waals surface area contributed by atoms with Crippen LogP contribution in [-0.2, 0) is 12.0 Å². The highest BCUT2D eigenvalue weighted by Crippen LogP contribution is 2.44. The number of hydrogen-bond acceptors (Lipinski definition) is 3. The van der Waals surface area contributed by atoms with Gasteiger partial charge >= 0.3 is 0 Å². The van der Waals surface area contributed by atoms with E-state index >= 15 is 0 Å². The van der Waals surface area contributed by atoms with Crippen molar-refractivity contribution in [1.82, 2.24) is 4.57 Å². The van der Waals surface area contributed by atoms with E-state index in [4.69, 9.17) is 5.73 Å². The molecule has 0 unspecified atom stereocenters. The molecule has 4 aromatic rings. The predicted octanol–water partition coefficient (Wildman–Crippen LogP) is 4.74. The topological polar surface area (TPSA) is 80.6 Å². The molecule has 1 aliphatic heterocycles. The van der Waals surface area contributed by atoms with Crippen molar-refractivity contribution >= 4 is 23.0 Å². The Morgan fingerprint density at radius 3 is 2.45 bits per heavy atom. The fourth-order valence-electron chi connectivity index (χ4n) is 4.56. The Hall–Kier alpha value is -3.77. The van der Waals surface area contributed by atoms with E-state index in [2.05, 4.69) is 21.7 Å². The normalized spacial score (nSPS) is 13.0. The van der Waals surface area contributed by atoms with E-state index in [1.807, 2.05) is 32.2 Å². The molecule has 0 radical (unpaired) electrons. The second kappa shape index (κ2) is 7.67. The molecule has 2 heterocycles. The molecule has 0 aliphatic carbocycles. The number of hydrogen-bond donors (Lipinski definition) is 2. The quantitative estimate of drug-likeness (QED) is 0.469. The first-order valence-electron chi connectivity index (χ1n) is 10.8. The molecule has 1 amide bonds. The van der Waals surface area contributed by atoms with Crippen molar-refractivity contribution in [2.75, 3.05) is 6.61 Å². The summed E-state index contributed by atoms with van der Waals surface area (Å²) in [7, 11) is 0. The van der Waals surface area contributed by atoms with Crippen LogP contribution in [0.3, 0.4) is 0 Å². The maximum absolute atomic E-state index is 13.8. The molecule has 5 rings (SSSR count). The minimum Gasteiger partial charge on any atom is -0.395 e. The number of halogens is 1. The summed E-state index contributed by atoms with van der Waals surface area (Å²) >= 11 is 0. The number of nitrogens with zero attached hydrogens (tertiary/aromatic N) is 2. The number of benzene rings is 3. The van der Waals surface area contributed by atoms with Gasteiger partial charge in [0.15, 0.2) is 0 Å². The standard InChI is InChI=1S/C27H24FN3O2/c1-27(2,15-32)25-24(16-3-5-17(6-4-16)26(29)33)22-11-18-13-30-14-19(18)12-23(22)31(25)21-9-7-20(28)8-10-21/h3-12,14,32H,13,15H2,1-2H3,(H2,29,33). The zero-order valence-corrected chi connectivity index (χ0v) is 18.5. The third-order valence-electron chi connectivity index (χ3n) is 6.30. The van der Waals surface area contributed by atoms with Crippen molar-refractivity contribution in [3.63, 3.8) is 0 Å². The summed E-state index contributed by atoms with van der Waals surface area (Å²) in [4.78, 5) is 16.0. The van der Waals surface area contributed by atoms with Gasteiger partial charge in [-0.1, -0.05) is 26.0 Å². The van der Waals surface area contributed by atoms with E-state index in [0.29, 0.717) is 12.1 Å². The number of aliphatic imine (C=N–C) groups is 1. The van der Waals surface area contributed by atoms with Crippen LogP contribution < -0.4 is 5.73 Å². The van der Waals surface area contributed by atoms with E-state index < -0.39 is 11.3 Å². The Bertz CT molecular complexity index is 1420. The van der Waals surface area contributed by atoms with Gasteiger partial charge in [-0.2, -0.15) is 0 Å². The highest BCUT2D eigenvalue weighted by Gasteiger charge is 2.32. The number of fused-ring (bicyclic) bond motifs is 2. The number of aliphatic hydroxyl groups excluding tert-OH is 1. The number of aromatic nitrogens is 1. The molecular formula is C27H24FN3O2. The van der Waals surface area contributed by atoms with Gasteiger partial charge < -0.3 is 15.4 Å². The maximum atomic E-state index is 13.8. The Morgan fingerprint density at radius 2 is 1.82 bits per heavy atom. The number of primary amides is 1. The van der Waals surface area contributed by atoms with Gasteiger partial charge in [-0.25, -0.2) is 4.39 Å². The second-order valence-electron chi connectivity index (χ2n) is 9.06. The summed E-state index contributed by atoms with van der Waals surface area (Å²) in [5.74, 6) is -0.797. The highest BCUT2D eigenvalue weighted by molar-refractivity contribution is 6.04. The minimum absolute atomic E-state index is 0.0853. The summed E-state index contributed by atoms with van der Waals surface area (Å²) in [5.41, 5.74) is 11.9. The fourth-order valence-corrected chi connectivity index (χ4v) is 4.56. The number of carbonyl (C=O) groups excluding carboxylic acids is 1. The van der Waals surface area contributed by atoms with Gasteiger partial charge in [0.25, 0.3) is 0 Å². The lowest BCUT2D eigenvalue weighted by Crippen LogP contribution is -2.26. The summed E-state index contributed by atoms with van der Waals surface area (Å²) in [6.45, 7) is 4.50. The smallest absolute Gasteiger partial charge is 0.248 e. The van der Waals surface area contributed by atoms with Gasteiger partial charge in [0.1, 0.15) is 5.82 Å². The molecule has 0 spiro atoms. The largest absolute Gasteiger partial charge is 0.395 e. The SMILES string of the molecule is CC(C)(CO)c1c(-c2ccc(C(N)=O)cc2)c2cc3c(cc2n1-c1ccc(F)cc1)C=NC3. The van der Waals surface area contributed by atoms with Crippen LogP contribution in [0.1, 0.15) is 41.0 Å². The van der Waals surface area contributed by atoms with Crippen LogP contribution in [0.4, 0.5) is 4.39 Å². The second-order valence-corrected chi connectivity index (χ2v) is 9.06. The first kappa shape index (κ1) is 21.1. The number of rotatable bonds is 5. The van der Waals surface area contributed by atoms with Gasteiger partial charge in [-0.3, -0.25) is 9.79 Å². The van der Waals surface area contributed by atoms with E-state index in [9.17, 15) is 14.3 Å². The van der Waals surface area contributed by atoms with E-state index in [-0.39, 0.29) is 12.4 Å². The molecule has 3 N–H and O–H groups in total. The van der Waals surface area contributed by atoms with Crippen LogP contribution in [0.15, 0.2) is 65.7 Å². The molecule has 1 aliphatic rings. The van der Waals surface area contributed by atoms with Crippen LogP contribution in [0.25, 0.3) is 27.7 Å². The fraction of sp³-hybridized carbons (Fsp3) is 0.185. The maximum Gasteiger partial charge on any atom is 0.248 e. The van der Waals surface area contributed by atoms with Gasteiger partial charge in [0.2, 0.25) is 5.91 Å². The highest BCUT2D eigenvalue weighted by atomic mass is 19.1. The lowest BCUT2D eigenvalue weighted by Gasteiger charge is -2.27. The zero-order chi connectivity index (χ0) is 23.3. The minimum atomic E-state index is -0.621. The van der Waals surface area contributed by atoms with Gasteiger partial charge in [0, 0.05) is 39.5 Å². The first-order valence-corrected chi connectivity index (χ1v) is 10.8. The molecule has 0 bridgehead atoms. The molecule has 6 heteroatoms. The third-order valence-corrected chi connectivity index (χ3v) is 6.30.